The molecule has 1 aromatic rings. The van der Waals surface area contributed by atoms with Gasteiger partial charge in [-0.05, 0) is 44.6 Å². The summed E-state index contributed by atoms with van der Waals surface area (Å²) >= 11 is 0. The second-order valence-corrected chi connectivity index (χ2v) is 8.81. The van der Waals surface area contributed by atoms with Crippen LogP contribution in [0.25, 0.3) is 0 Å². The normalized spacial score (nSPS) is 31.1. The topological polar surface area (TPSA) is 82.1 Å². The summed E-state index contributed by atoms with van der Waals surface area (Å²) in [5.41, 5.74) is -0.501. The van der Waals surface area contributed by atoms with E-state index in [9.17, 15) is 14.4 Å². The molecule has 7 nitrogen and oxygen atoms in total. The number of allylic oxidation sites excluding steroid dienone is 1. The zero-order chi connectivity index (χ0) is 22.9. The van der Waals surface area contributed by atoms with E-state index >= 15 is 0 Å². The Morgan fingerprint density at radius 2 is 1.81 bits per heavy atom. The first-order chi connectivity index (χ1) is 15.5. The van der Waals surface area contributed by atoms with Crippen LogP contribution >= 0.6 is 0 Å². The van der Waals surface area contributed by atoms with Gasteiger partial charge < -0.3 is 19.1 Å². The number of piperidine rings is 1. The van der Waals surface area contributed by atoms with Crippen LogP contribution in [0.3, 0.4) is 0 Å². The van der Waals surface area contributed by atoms with Gasteiger partial charge in [0, 0.05) is 18.2 Å². The predicted molar refractivity (Wildman–Crippen MR) is 116 cm³/mol. The Bertz CT molecular complexity index is 928. The second kappa shape index (κ2) is 8.60. The van der Waals surface area contributed by atoms with E-state index in [0.29, 0.717) is 25.9 Å². The molecule has 7 heteroatoms. The van der Waals surface area contributed by atoms with Gasteiger partial charge in [0.1, 0.15) is 5.41 Å². The van der Waals surface area contributed by atoms with Gasteiger partial charge in [0.2, 0.25) is 0 Å². The minimum Gasteiger partial charge on any atom is -0.469 e. The lowest BCUT2D eigenvalue weighted by Crippen LogP contribution is -2.58. The number of esters is 3. The van der Waals surface area contributed by atoms with E-state index < -0.39 is 22.8 Å². The lowest BCUT2D eigenvalue weighted by molar-refractivity contribution is -0.164. The molecule has 4 atom stereocenters. The van der Waals surface area contributed by atoms with Crippen LogP contribution in [0.15, 0.2) is 42.1 Å². The quantitative estimate of drug-likeness (QED) is 0.512. The van der Waals surface area contributed by atoms with Crippen molar-refractivity contribution < 1.29 is 28.6 Å². The summed E-state index contributed by atoms with van der Waals surface area (Å²) in [6.45, 7) is 2.10. The molecule has 2 heterocycles. The highest BCUT2D eigenvalue weighted by Gasteiger charge is 2.66. The number of methoxy groups -OCH3 is 2. The molecule has 3 aliphatic rings. The van der Waals surface area contributed by atoms with Crippen LogP contribution in [0.4, 0.5) is 0 Å². The maximum Gasteiger partial charge on any atom is 0.336 e. The number of nitrogens with zero attached hydrogens (tertiary/aromatic N) is 1. The molecule has 4 rings (SSSR count). The van der Waals surface area contributed by atoms with Gasteiger partial charge in [-0.25, -0.2) is 4.79 Å². The van der Waals surface area contributed by atoms with E-state index in [1.54, 1.807) is 6.92 Å². The van der Waals surface area contributed by atoms with Gasteiger partial charge in [0.15, 0.2) is 5.54 Å². The van der Waals surface area contributed by atoms with Crippen molar-refractivity contribution >= 4 is 17.9 Å². The van der Waals surface area contributed by atoms with Crippen LogP contribution in [0.1, 0.15) is 51.0 Å². The summed E-state index contributed by atoms with van der Waals surface area (Å²) in [6, 6.07) is 9.14. The number of hydrogen-bond acceptors (Lipinski definition) is 7. The summed E-state index contributed by atoms with van der Waals surface area (Å²) in [5, 5.41) is 0. The molecular formula is C25H31NO6. The fourth-order valence-corrected chi connectivity index (χ4v) is 6.08. The van der Waals surface area contributed by atoms with Gasteiger partial charge in [-0.2, -0.15) is 0 Å². The van der Waals surface area contributed by atoms with Crippen molar-refractivity contribution in [2.24, 2.45) is 11.3 Å². The molecule has 32 heavy (non-hydrogen) atoms. The van der Waals surface area contributed by atoms with E-state index in [1.807, 2.05) is 35.2 Å². The third-order valence-electron chi connectivity index (χ3n) is 7.43. The zero-order valence-electron chi connectivity index (χ0n) is 19.0. The van der Waals surface area contributed by atoms with Gasteiger partial charge in [-0.1, -0.05) is 36.4 Å². The molecule has 0 radical (unpaired) electrons. The van der Waals surface area contributed by atoms with Crippen molar-refractivity contribution in [3.05, 3.63) is 47.7 Å². The molecule has 0 unspecified atom stereocenters. The van der Waals surface area contributed by atoms with Gasteiger partial charge in [0.25, 0.3) is 0 Å². The molecule has 0 spiro atoms. The maximum atomic E-state index is 13.6. The minimum absolute atomic E-state index is 0.233. The van der Waals surface area contributed by atoms with Crippen molar-refractivity contribution in [2.45, 2.75) is 57.0 Å². The largest absolute Gasteiger partial charge is 0.469 e. The van der Waals surface area contributed by atoms with E-state index in [4.69, 9.17) is 14.2 Å². The Hall–Kier alpha value is -2.83. The van der Waals surface area contributed by atoms with E-state index in [1.165, 1.54) is 14.2 Å². The van der Waals surface area contributed by atoms with Crippen LogP contribution in [0.5, 0.6) is 0 Å². The first kappa shape index (κ1) is 22.4. The average molecular weight is 442 g/mol. The molecule has 2 fully saturated rings. The first-order valence-electron chi connectivity index (χ1n) is 11.3. The van der Waals surface area contributed by atoms with Crippen molar-refractivity contribution in [1.29, 1.82) is 0 Å². The predicted octanol–water partition coefficient (Wildman–Crippen LogP) is 3.33. The van der Waals surface area contributed by atoms with E-state index in [-0.39, 0.29) is 24.4 Å². The van der Waals surface area contributed by atoms with Crippen molar-refractivity contribution in [1.82, 2.24) is 4.90 Å². The first-order valence-corrected chi connectivity index (χ1v) is 11.3. The standard InChI is InChI=1S/C25H31NO6/c1-4-32-22(28)24-14-9-8-12-20(24)26-19(13-15-24)18(21(27)30-2)16-25(26,23(29)31-3)17-10-6-5-7-11-17/h5-7,10-12,18-19H,4,8-9,13-16H2,1-3H3/t18-,19-,24-,25+/m0/s1. The third kappa shape index (κ3) is 3.12. The highest BCUT2D eigenvalue weighted by Crippen LogP contribution is 2.59. The summed E-state index contributed by atoms with van der Waals surface area (Å²) in [4.78, 5) is 41.8. The molecular weight excluding hydrogens is 410 g/mol. The molecule has 0 amide bonds. The average Bonchev–Trinajstić information content (AvgIpc) is 3.20. The second-order valence-electron chi connectivity index (χ2n) is 8.81. The van der Waals surface area contributed by atoms with Gasteiger partial charge >= 0.3 is 17.9 Å². The van der Waals surface area contributed by atoms with Crippen LogP contribution in [0, 0.1) is 11.3 Å². The monoisotopic (exact) mass is 441 g/mol. The number of carbonyl (C=O) groups excluding carboxylic acids is 3. The molecule has 0 N–H and O–H groups in total. The summed E-state index contributed by atoms with van der Waals surface area (Å²) in [6.07, 6.45) is 5.80. The fraction of sp³-hybridized carbons (Fsp3) is 0.560. The minimum atomic E-state index is -1.22. The molecule has 2 saturated heterocycles. The number of carbonyl (C=O) groups is 3. The molecule has 1 aromatic carbocycles. The zero-order valence-corrected chi connectivity index (χ0v) is 19.0. The molecule has 0 aromatic heterocycles. The number of benzene rings is 1. The fourth-order valence-electron chi connectivity index (χ4n) is 6.08. The third-order valence-corrected chi connectivity index (χ3v) is 7.43. The lowest BCUT2D eigenvalue weighted by atomic mass is 9.67. The highest BCUT2D eigenvalue weighted by atomic mass is 16.5. The number of ether oxygens (including phenoxy) is 3. The number of fused-ring (bicyclic) bond motifs is 3. The van der Waals surface area contributed by atoms with Crippen molar-refractivity contribution in [3.63, 3.8) is 0 Å². The van der Waals surface area contributed by atoms with E-state index in [2.05, 4.69) is 6.08 Å². The highest BCUT2D eigenvalue weighted by molar-refractivity contribution is 5.88. The Kier molecular flexibility index (Phi) is 6.01. The van der Waals surface area contributed by atoms with Crippen LogP contribution in [-0.4, -0.2) is 49.7 Å². The summed E-state index contributed by atoms with van der Waals surface area (Å²) < 4.78 is 16.0. The number of rotatable bonds is 5. The van der Waals surface area contributed by atoms with Crippen LogP contribution in [0.2, 0.25) is 0 Å². The van der Waals surface area contributed by atoms with Crippen molar-refractivity contribution in [3.8, 4) is 0 Å². The molecule has 2 aliphatic heterocycles. The summed E-state index contributed by atoms with van der Waals surface area (Å²) in [5.74, 6) is -1.55. The smallest absolute Gasteiger partial charge is 0.336 e. The Balaban J connectivity index is 1.94. The molecule has 0 saturated carbocycles. The van der Waals surface area contributed by atoms with E-state index in [0.717, 1.165) is 24.1 Å². The van der Waals surface area contributed by atoms with Gasteiger partial charge in [-0.15, -0.1) is 0 Å². The summed E-state index contributed by atoms with van der Waals surface area (Å²) in [7, 11) is 2.74. The Labute approximate surface area is 188 Å². The number of hydrogen-bond donors (Lipinski definition) is 0. The Morgan fingerprint density at radius 1 is 1.06 bits per heavy atom. The Morgan fingerprint density at radius 3 is 2.47 bits per heavy atom. The van der Waals surface area contributed by atoms with Gasteiger partial charge in [0.05, 0.1) is 26.7 Å². The molecule has 172 valence electrons. The SMILES string of the molecule is CCOC(=O)[C@]12CCCC=C1N1[C@@H](CC2)[C@@H](C(=O)OC)C[C@]1(C(=O)OC)c1ccccc1. The molecule has 1 aliphatic carbocycles. The van der Waals surface area contributed by atoms with Crippen molar-refractivity contribution in [2.75, 3.05) is 20.8 Å². The van der Waals surface area contributed by atoms with Crippen LogP contribution < -0.4 is 0 Å². The lowest BCUT2D eigenvalue weighted by Gasteiger charge is -2.53. The maximum absolute atomic E-state index is 13.6. The van der Waals surface area contributed by atoms with Gasteiger partial charge in [-0.3, -0.25) is 9.59 Å². The van der Waals surface area contributed by atoms with Crippen LogP contribution in [-0.2, 0) is 34.1 Å². The molecule has 0 bridgehead atoms.